The minimum atomic E-state index is -4.75. The number of fused-ring (bicyclic) bond motifs is 14. The Morgan fingerprint density at radius 3 is 1.47 bits per heavy atom. The van der Waals surface area contributed by atoms with E-state index in [-0.39, 0.29) is 137 Å². The summed E-state index contributed by atoms with van der Waals surface area (Å²) in [6.45, 7) is 7.87. The van der Waals surface area contributed by atoms with Crippen LogP contribution in [0.1, 0.15) is 50.5 Å². The SMILES string of the molecule is C=CC(=CC1CC2NC1Nc1[nH]c(cc1C=CC(=C)S(=O)(=O)NCCN(C)c1nc(Cl)nc(Cl)n1)NC1NC(NC3NC(N2)C2CC(S(=O)(=O)NCCN(C)c4nc(Cl)nc(Cl)n4)CCC32)C2CC(S(=O)(=O)NCCN(C)c3nc(Cl)nc(Cl)n3)CCC12)S(=O)(=O)O. The van der Waals surface area contributed by atoms with E-state index >= 15 is 0 Å². The number of nitrogens with zero attached hydrogens (tertiary/aromatic N) is 12. The van der Waals surface area contributed by atoms with Gasteiger partial charge in [-0.1, -0.05) is 19.2 Å². The lowest BCUT2D eigenvalue weighted by molar-refractivity contribution is 0.184. The first-order valence-corrected chi connectivity index (χ1v) is 37.3. The van der Waals surface area contributed by atoms with Gasteiger partial charge >= 0.3 is 0 Å². The molecule has 504 valence electrons. The summed E-state index contributed by atoms with van der Waals surface area (Å²) in [6.07, 6.45) is 4.14. The molecule has 8 bridgehead atoms. The van der Waals surface area contributed by atoms with Crippen molar-refractivity contribution in [3.63, 3.8) is 0 Å². The van der Waals surface area contributed by atoms with E-state index in [1.807, 2.05) is 0 Å². The van der Waals surface area contributed by atoms with Gasteiger partial charge in [-0.05, 0) is 163 Å². The standard InChI is InChI=1S/C50H69Cl6N23O9S4/c1-6-27(92(86,87)88)19-26-21-35-61-37(26)64-36-25(8-7-24(2)89(80,81)57-13-16-77(3)48-71-42(51)68-43(52)72-48)20-34(60-36)62-38-30-11-9-29(91(84,85)59-15-18-79(5)50-75-46(55)70-47(56)76-50)23-33(30)41(65-38)67-39-31-12-10-28(22-32(31)40(63-35)66-39)90(82,83)58-14-17-78(4)49-73-44(53)69-45(54)74-49/h6-8,19-20,26,28-33,35,37-41,57-67H,1-2,9-18,21-23H2,3-5H3,(H,86,87,88). The number of anilines is 5. The molecule has 2 aliphatic carbocycles. The summed E-state index contributed by atoms with van der Waals surface area (Å²) in [5.74, 6) is -0.366. The largest absolute Gasteiger partial charge is 0.356 e. The molecule has 32 nitrogen and oxygen atoms in total. The summed E-state index contributed by atoms with van der Waals surface area (Å²) in [4.78, 5) is 43.1. The smallest absolute Gasteiger partial charge is 0.294 e. The number of aromatic nitrogens is 10. The molecule has 12 N–H and O–H groups in total. The highest BCUT2D eigenvalue weighted by molar-refractivity contribution is 7.93. The molecule has 6 aliphatic rings. The molecule has 8 heterocycles. The molecule has 2 saturated carbocycles. The van der Waals surface area contributed by atoms with Crippen LogP contribution in [0.15, 0.2) is 47.3 Å². The maximum absolute atomic E-state index is 14.3. The number of sulfonamides is 3. The first-order chi connectivity index (χ1) is 43.4. The molecule has 13 atom stereocenters. The fraction of sp³-hybridized carbons (Fsp3) is 0.580. The second-order valence-electron chi connectivity index (χ2n) is 23.1. The first-order valence-electron chi connectivity index (χ1n) is 29.0. The van der Waals surface area contributed by atoms with E-state index in [4.69, 9.17) is 69.6 Å². The maximum Gasteiger partial charge on any atom is 0.294 e. The monoisotopic (exact) mass is 1470 g/mol. The van der Waals surface area contributed by atoms with Crippen LogP contribution in [0.25, 0.3) is 6.08 Å². The summed E-state index contributed by atoms with van der Waals surface area (Å²) < 4.78 is 129. The van der Waals surface area contributed by atoms with Gasteiger partial charge in [0.2, 0.25) is 79.6 Å². The molecule has 4 aromatic rings. The Balaban J connectivity index is 0.935. The molecule has 42 heteroatoms. The highest BCUT2D eigenvalue weighted by atomic mass is 35.5. The fourth-order valence-corrected chi connectivity index (χ4v) is 18.2. The first kappa shape index (κ1) is 70.3. The average molecular weight is 1480 g/mol. The molecule has 92 heavy (non-hydrogen) atoms. The summed E-state index contributed by atoms with van der Waals surface area (Å²) in [6, 6.07) is 1.76. The molecule has 3 saturated heterocycles. The molecule has 0 spiro atoms. The van der Waals surface area contributed by atoms with Crippen molar-refractivity contribution in [1.82, 2.24) is 90.6 Å². The second kappa shape index (κ2) is 29.0. The van der Waals surface area contributed by atoms with Crippen molar-refractivity contribution in [3.05, 3.63) is 84.5 Å². The molecule has 0 aromatic carbocycles. The normalized spacial score (nSPS) is 27.6. The van der Waals surface area contributed by atoms with Crippen LogP contribution >= 0.6 is 69.6 Å². The van der Waals surface area contributed by atoms with E-state index in [1.165, 1.54) is 17.1 Å². The van der Waals surface area contributed by atoms with E-state index in [2.05, 4.69) is 114 Å². The van der Waals surface area contributed by atoms with E-state index < -0.39 is 98.5 Å². The van der Waals surface area contributed by atoms with Crippen molar-refractivity contribution in [1.29, 1.82) is 0 Å². The predicted octanol–water partition coefficient (Wildman–Crippen LogP) is 2.50. The summed E-state index contributed by atoms with van der Waals surface area (Å²) in [5, 5.41) is 23.4. The fourth-order valence-electron chi connectivity index (χ4n) is 12.7. The highest BCUT2D eigenvalue weighted by Crippen LogP contribution is 2.45. The molecule has 0 radical (unpaired) electrons. The molecular weight excluding hydrogens is 1410 g/mol. The number of halogens is 6. The minimum absolute atomic E-state index is 0.000241. The number of rotatable bonds is 23. The number of hydrogen-bond donors (Lipinski definition) is 12. The highest BCUT2D eigenvalue weighted by Gasteiger charge is 2.54. The van der Waals surface area contributed by atoms with Crippen molar-refractivity contribution in [2.45, 2.75) is 92.4 Å². The van der Waals surface area contributed by atoms with Crippen LogP contribution in [0.2, 0.25) is 31.7 Å². The third-order valence-corrected chi connectivity index (χ3v) is 24.4. The van der Waals surface area contributed by atoms with Gasteiger partial charge in [-0.3, -0.25) is 31.1 Å². The molecule has 4 aromatic heterocycles. The molecule has 0 amide bonds. The van der Waals surface area contributed by atoms with Crippen LogP contribution < -0.4 is 66.1 Å². The minimum Gasteiger partial charge on any atom is -0.356 e. The summed E-state index contributed by atoms with van der Waals surface area (Å²) in [7, 11) is -11.9. The molecule has 10 rings (SSSR count). The zero-order valence-corrected chi connectivity index (χ0v) is 57.3. The van der Waals surface area contributed by atoms with Crippen LogP contribution in [0.5, 0.6) is 0 Å². The van der Waals surface area contributed by atoms with E-state index in [9.17, 15) is 38.2 Å². The topological polar surface area (TPSA) is 419 Å². The zero-order valence-electron chi connectivity index (χ0n) is 49.5. The Bertz CT molecular complexity index is 3880. The Kier molecular flexibility index (Phi) is 22.2. The molecule has 13 unspecified atom stereocenters. The van der Waals surface area contributed by atoms with Gasteiger partial charge in [0.1, 0.15) is 11.6 Å². The Hall–Kier alpha value is -4.55. The van der Waals surface area contributed by atoms with Crippen LogP contribution in [-0.4, -0.2) is 196 Å². The third-order valence-electron chi connectivity index (χ3n) is 17.3. The van der Waals surface area contributed by atoms with Crippen molar-refractivity contribution in [3.8, 4) is 0 Å². The number of allylic oxidation sites excluding steroid dienone is 2. The number of likely N-dealkylation sites (N-methyl/N-ethyl adjacent to an activating group) is 3. The van der Waals surface area contributed by atoms with Gasteiger partial charge in [-0.25, -0.2) is 39.4 Å². The van der Waals surface area contributed by atoms with Gasteiger partial charge in [0.25, 0.3) is 10.1 Å². The molecular formula is C50H69Cl6N23O9S4. The second-order valence-corrected chi connectivity index (χ2v) is 32.5. The van der Waals surface area contributed by atoms with Crippen molar-refractivity contribution in [2.24, 2.45) is 29.6 Å². The van der Waals surface area contributed by atoms with Crippen LogP contribution in [0.4, 0.5) is 29.5 Å². The van der Waals surface area contributed by atoms with E-state index in [0.29, 0.717) is 42.9 Å². The Morgan fingerprint density at radius 1 is 0.576 bits per heavy atom. The van der Waals surface area contributed by atoms with Gasteiger partial charge in [-0.15, -0.1) is 0 Å². The lowest BCUT2D eigenvalue weighted by Gasteiger charge is -2.38. The van der Waals surface area contributed by atoms with Crippen LogP contribution in [-0.2, 0) is 40.2 Å². The molecule has 4 aliphatic heterocycles. The van der Waals surface area contributed by atoms with Crippen molar-refractivity contribution >= 4 is 145 Å². The quantitative estimate of drug-likeness (QED) is 0.0375. The Labute approximate surface area is 562 Å². The molecule has 5 fully saturated rings. The van der Waals surface area contributed by atoms with Crippen molar-refractivity contribution < 1.29 is 38.2 Å². The third kappa shape index (κ3) is 17.0. The Morgan fingerprint density at radius 2 is 1.00 bits per heavy atom. The van der Waals surface area contributed by atoms with E-state index in [0.717, 1.165) is 6.08 Å². The number of H-pyrrole nitrogens is 1. The van der Waals surface area contributed by atoms with Gasteiger partial charge in [0.15, 0.2) is 0 Å². The van der Waals surface area contributed by atoms with Crippen molar-refractivity contribution in [2.75, 3.05) is 85.7 Å². The average Bonchev–Trinajstić information content (AvgIpc) is 1.60. The number of aromatic amines is 1. The number of nitrogens with one attached hydrogen (secondary N) is 11. The maximum atomic E-state index is 14.3. The van der Waals surface area contributed by atoms with Crippen LogP contribution in [0, 0.1) is 29.6 Å². The van der Waals surface area contributed by atoms with E-state index in [1.54, 1.807) is 43.1 Å². The number of hydrogen-bond acceptors (Lipinski definition) is 27. The lowest BCUT2D eigenvalue weighted by Crippen LogP contribution is -2.58. The summed E-state index contributed by atoms with van der Waals surface area (Å²) in [5.41, 5.74) is 0.436. The summed E-state index contributed by atoms with van der Waals surface area (Å²) >= 11 is 36.0. The predicted molar refractivity (Wildman–Crippen MR) is 352 cm³/mol. The van der Waals surface area contributed by atoms with Gasteiger partial charge in [0, 0.05) is 71.9 Å². The lowest BCUT2D eigenvalue weighted by atomic mass is 9.77. The van der Waals surface area contributed by atoms with Gasteiger partial charge in [0.05, 0.1) is 57.3 Å². The van der Waals surface area contributed by atoms with Gasteiger partial charge < -0.3 is 30.3 Å². The zero-order chi connectivity index (χ0) is 66.2. The van der Waals surface area contributed by atoms with Gasteiger partial charge in [-0.2, -0.15) is 53.3 Å². The van der Waals surface area contributed by atoms with Crippen LogP contribution in [0.3, 0.4) is 0 Å².